The smallest absolute Gasteiger partial charge is 0.244 e. The standard InChI is InChI=1S/C20H25FN4O2/c1-15-12-17(21)6-7-18(15)23-19(26)8-5-16-4-2-10-24(13-16)20(27)14-25-11-3-9-22-25/h3,6-7,9,11-12,16H,2,4-5,8,10,13-14H2,1H3,(H,23,26). The molecule has 0 bridgehead atoms. The second-order valence-corrected chi connectivity index (χ2v) is 7.10. The van der Waals surface area contributed by atoms with Crippen LogP contribution in [0.5, 0.6) is 0 Å². The van der Waals surface area contributed by atoms with E-state index in [1.165, 1.54) is 12.1 Å². The van der Waals surface area contributed by atoms with Gasteiger partial charge in [0.15, 0.2) is 0 Å². The van der Waals surface area contributed by atoms with Gasteiger partial charge in [-0.3, -0.25) is 14.3 Å². The van der Waals surface area contributed by atoms with Gasteiger partial charge in [-0.05, 0) is 61.9 Å². The summed E-state index contributed by atoms with van der Waals surface area (Å²) in [6.45, 7) is 3.47. The molecule has 1 atom stereocenters. The molecule has 3 rings (SSSR count). The SMILES string of the molecule is Cc1cc(F)ccc1NC(=O)CCC1CCCN(C(=O)Cn2cccn2)C1. The van der Waals surface area contributed by atoms with Crippen molar-refractivity contribution in [3.05, 3.63) is 48.0 Å². The molecule has 2 heterocycles. The number of hydrogen-bond donors (Lipinski definition) is 1. The van der Waals surface area contributed by atoms with E-state index in [4.69, 9.17) is 0 Å². The monoisotopic (exact) mass is 372 g/mol. The molecule has 0 radical (unpaired) electrons. The first-order chi connectivity index (χ1) is 13.0. The summed E-state index contributed by atoms with van der Waals surface area (Å²) in [5, 5.41) is 6.92. The molecule has 1 aliphatic heterocycles. The molecule has 144 valence electrons. The number of likely N-dealkylation sites (tertiary alicyclic amines) is 1. The van der Waals surface area contributed by atoms with Crippen LogP contribution in [-0.4, -0.2) is 39.6 Å². The Morgan fingerprint density at radius 2 is 2.22 bits per heavy atom. The molecule has 0 aliphatic carbocycles. The van der Waals surface area contributed by atoms with Crippen molar-refractivity contribution in [1.82, 2.24) is 14.7 Å². The van der Waals surface area contributed by atoms with Crippen molar-refractivity contribution >= 4 is 17.5 Å². The molecule has 0 spiro atoms. The Kier molecular flexibility index (Phi) is 6.21. The molecule has 6 nitrogen and oxygen atoms in total. The van der Waals surface area contributed by atoms with Gasteiger partial charge in [0, 0.05) is 37.6 Å². The first-order valence-corrected chi connectivity index (χ1v) is 9.32. The zero-order chi connectivity index (χ0) is 19.2. The largest absolute Gasteiger partial charge is 0.341 e. The molecule has 1 unspecified atom stereocenters. The molecule has 1 aromatic heterocycles. The minimum Gasteiger partial charge on any atom is -0.341 e. The van der Waals surface area contributed by atoms with Gasteiger partial charge in [0.25, 0.3) is 0 Å². The van der Waals surface area contributed by atoms with Gasteiger partial charge < -0.3 is 10.2 Å². The highest BCUT2D eigenvalue weighted by Crippen LogP contribution is 2.22. The zero-order valence-corrected chi connectivity index (χ0v) is 15.5. The van der Waals surface area contributed by atoms with Crippen LogP contribution < -0.4 is 5.32 Å². The maximum absolute atomic E-state index is 13.1. The highest BCUT2D eigenvalue weighted by Gasteiger charge is 2.24. The fraction of sp³-hybridized carbons (Fsp3) is 0.450. The number of aromatic nitrogens is 2. The topological polar surface area (TPSA) is 67.2 Å². The molecular formula is C20H25FN4O2. The normalized spacial score (nSPS) is 17.0. The lowest BCUT2D eigenvalue weighted by atomic mass is 9.93. The van der Waals surface area contributed by atoms with Gasteiger partial charge in [0.05, 0.1) is 0 Å². The van der Waals surface area contributed by atoms with Crippen molar-refractivity contribution in [2.24, 2.45) is 5.92 Å². The summed E-state index contributed by atoms with van der Waals surface area (Å²) in [4.78, 5) is 26.5. The quantitative estimate of drug-likeness (QED) is 0.848. The molecule has 2 amide bonds. The van der Waals surface area contributed by atoms with Crippen LogP contribution >= 0.6 is 0 Å². The van der Waals surface area contributed by atoms with Crippen molar-refractivity contribution in [2.75, 3.05) is 18.4 Å². The van der Waals surface area contributed by atoms with Crippen molar-refractivity contribution < 1.29 is 14.0 Å². The van der Waals surface area contributed by atoms with Gasteiger partial charge in [-0.25, -0.2) is 4.39 Å². The van der Waals surface area contributed by atoms with Crippen LogP contribution in [0.1, 0.15) is 31.2 Å². The van der Waals surface area contributed by atoms with E-state index in [0.29, 0.717) is 30.1 Å². The Labute approximate surface area is 158 Å². The number of hydrogen-bond acceptors (Lipinski definition) is 3. The lowest BCUT2D eigenvalue weighted by Gasteiger charge is -2.32. The summed E-state index contributed by atoms with van der Waals surface area (Å²) >= 11 is 0. The van der Waals surface area contributed by atoms with E-state index in [9.17, 15) is 14.0 Å². The molecular weight excluding hydrogens is 347 g/mol. The van der Waals surface area contributed by atoms with Gasteiger partial charge in [-0.1, -0.05) is 0 Å². The Hall–Kier alpha value is -2.70. The van der Waals surface area contributed by atoms with Crippen LogP contribution in [0.4, 0.5) is 10.1 Å². The number of carbonyl (C=O) groups excluding carboxylic acids is 2. The van der Waals surface area contributed by atoms with E-state index in [-0.39, 0.29) is 24.2 Å². The van der Waals surface area contributed by atoms with Crippen molar-refractivity contribution in [2.45, 2.75) is 39.2 Å². The molecule has 1 N–H and O–H groups in total. The van der Waals surface area contributed by atoms with Crippen LogP contribution in [0.15, 0.2) is 36.7 Å². The van der Waals surface area contributed by atoms with E-state index < -0.39 is 0 Å². The minimum absolute atomic E-state index is 0.0646. The Bertz CT molecular complexity index is 791. The Morgan fingerprint density at radius 3 is 2.96 bits per heavy atom. The van der Waals surface area contributed by atoms with Gasteiger partial charge >= 0.3 is 0 Å². The third-order valence-electron chi connectivity index (χ3n) is 4.97. The molecule has 1 fully saturated rings. The number of rotatable bonds is 6. The number of halogens is 1. The van der Waals surface area contributed by atoms with Crippen molar-refractivity contribution in [3.63, 3.8) is 0 Å². The fourth-order valence-electron chi connectivity index (χ4n) is 3.48. The maximum Gasteiger partial charge on any atom is 0.244 e. The highest BCUT2D eigenvalue weighted by molar-refractivity contribution is 5.91. The number of carbonyl (C=O) groups is 2. The Morgan fingerprint density at radius 1 is 1.37 bits per heavy atom. The van der Waals surface area contributed by atoms with Crippen LogP contribution in [-0.2, 0) is 16.1 Å². The third-order valence-corrected chi connectivity index (χ3v) is 4.97. The van der Waals surface area contributed by atoms with Gasteiger partial charge in [0.2, 0.25) is 11.8 Å². The summed E-state index contributed by atoms with van der Waals surface area (Å²) < 4.78 is 14.8. The van der Waals surface area contributed by atoms with Crippen LogP contribution in [0, 0.1) is 18.7 Å². The van der Waals surface area contributed by atoms with Gasteiger partial charge in [-0.2, -0.15) is 5.10 Å². The highest BCUT2D eigenvalue weighted by atomic mass is 19.1. The zero-order valence-electron chi connectivity index (χ0n) is 15.5. The predicted molar refractivity (Wildman–Crippen MR) is 101 cm³/mol. The predicted octanol–water partition coefficient (Wildman–Crippen LogP) is 2.99. The van der Waals surface area contributed by atoms with Crippen LogP contribution in [0.2, 0.25) is 0 Å². The summed E-state index contributed by atoms with van der Waals surface area (Å²) in [7, 11) is 0. The van der Waals surface area contributed by atoms with E-state index in [2.05, 4.69) is 10.4 Å². The molecule has 1 saturated heterocycles. The average Bonchev–Trinajstić information content (AvgIpc) is 3.15. The average molecular weight is 372 g/mol. The first kappa shape index (κ1) is 19.1. The lowest BCUT2D eigenvalue weighted by molar-refractivity contribution is -0.133. The molecule has 1 aliphatic rings. The maximum atomic E-state index is 13.1. The van der Waals surface area contributed by atoms with E-state index in [1.54, 1.807) is 36.1 Å². The number of amides is 2. The lowest BCUT2D eigenvalue weighted by Crippen LogP contribution is -2.41. The van der Waals surface area contributed by atoms with Crippen molar-refractivity contribution in [1.29, 1.82) is 0 Å². The molecule has 2 aromatic rings. The van der Waals surface area contributed by atoms with E-state index in [0.717, 1.165) is 25.8 Å². The number of nitrogens with zero attached hydrogens (tertiary/aromatic N) is 3. The molecule has 1 aromatic carbocycles. The fourth-order valence-corrected chi connectivity index (χ4v) is 3.48. The Balaban J connectivity index is 1.46. The first-order valence-electron chi connectivity index (χ1n) is 9.32. The summed E-state index contributed by atoms with van der Waals surface area (Å²) in [6.07, 6.45) is 6.54. The molecule has 27 heavy (non-hydrogen) atoms. The summed E-state index contributed by atoms with van der Waals surface area (Å²) in [5.41, 5.74) is 1.34. The third kappa shape index (κ3) is 5.39. The van der Waals surface area contributed by atoms with Crippen molar-refractivity contribution in [3.8, 4) is 0 Å². The number of benzene rings is 1. The van der Waals surface area contributed by atoms with E-state index >= 15 is 0 Å². The second kappa shape index (κ2) is 8.79. The number of piperidine rings is 1. The number of nitrogens with one attached hydrogen (secondary N) is 1. The van der Waals surface area contributed by atoms with Gasteiger partial charge in [-0.15, -0.1) is 0 Å². The minimum atomic E-state index is -0.312. The number of anilines is 1. The van der Waals surface area contributed by atoms with E-state index in [1.807, 2.05) is 4.90 Å². The summed E-state index contributed by atoms with van der Waals surface area (Å²) in [6, 6.07) is 6.12. The number of aryl methyl sites for hydroxylation is 1. The van der Waals surface area contributed by atoms with Crippen LogP contribution in [0.25, 0.3) is 0 Å². The van der Waals surface area contributed by atoms with Gasteiger partial charge in [0.1, 0.15) is 12.4 Å². The molecule has 7 heteroatoms. The molecule has 0 saturated carbocycles. The van der Waals surface area contributed by atoms with Crippen LogP contribution in [0.3, 0.4) is 0 Å². The summed E-state index contributed by atoms with van der Waals surface area (Å²) in [5.74, 6) is -0.00699. The second-order valence-electron chi connectivity index (χ2n) is 7.10.